The van der Waals surface area contributed by atoms with Crippen LogP contribution in [0.15, 0.2) is 36.7 Å². The minimum absolute atomic E-state index is 0.0283. The van der Waals surface area contributed by atoms with E-state index in [-0.39, 0.29) is 30.8 Å². The van der Waals surface area contributed by atoms with Crippen molar-refractivity contribution in [3.8, 4) is 0 Å². The fourth-order valence-electron chi connectivity index (χ4n) is 5.58. The quantitative estimate of drug-likeness (QED) is 0.463. The third-order valence-corrected chi connectivity index (χ3v) is 9.06. The Bertz CT molecular complexity index is 1370. The number of carbonyl (C=O) groups excluding carboxylic acids is 3. The van der Waals surface area contributed by atoms with Gasteiger partial charge >= 0.3 is 0 Å². The molecule has 2 fully saturated rings. The lowest BCUT2D eigenvalue weighted by Gasteiger charge is -2.37. The lowest BCUT2D eigenvalue weighted by atomic mass is 9.85. The molecule has 0 bridgehead atoms. The molecule has 3 heterocycles. The summed E-state index contributed by atoms with van der Waals surface area (Å²) < 4.78 is 26.8. The van der Waals surface area contributed by atoms with Gasteiger partial charge in [-0.3, -0.25) is 19.4 Å². The van der Waals surface area contributed by atoms with Crippen molar-refractivity contribution in [3.05, 3.63) is 36.7 Å². The number of hydrogen-bond donors (Lipinski definition) is 3. The minimum atomic E-state index is -3.63. The van der Waals surface area contributed by atoms with E-state index in [1.54, 1.807) is 43.4 Å². The number of rotatable bonds is 7. The fourth-order valence-corrected chi connectivity index (χ4v) is 6.74. The van der Waals surface area contributed by atoms with Crippen LogP contribution in [0.3, 0.4) is 0 Å². The lowest BCUT2D eigenvalue weighted by molar-refractivity contribution is -0.141. The van der Waals surface area contributed by atoms with Crippen LogP contribution in [-0.2, 0) is 24.4 Å². The van der Waals surface area contributed by atoms with E-state index in [1.807, 2.05) is 32.9 Å². The summed E-state index contributed by atoms with van der Waals surface area (Å²) in [5, 5.41) is 10.4. The highest BCUT2D eigenvalue weighted by Gasteiger charge is 2.56. The van der Waals surface area contributed by atoms with Crippen molar-refractivity contribution in [2.24, 2.45) is 11.3 Å². The molecule has 11 nitrogen and oxygen atoms in total. The molecule has 2 aliphatic rings. The van der Waals surface area contributed by atoms with Gasteiger partial charge in [0.2, 0.25) is 27.7 Å². The molecule has 0 saturated carbocycles. The summed E-state index contributed by atoms with van der Waals surface area (Å²) in [7, 11) is -1.97. The number of hydrogen-bond acceptors (Lipinski definition) is 7. The highest BCUT2D eigenvalue weighted by Crippen LogP contribution is 2.39. The van der Waals surface area contributed by atoms with Gasteiger partial charge in [0, 0.05) is 48.0 Å². The minimum Gasteiger partial charge on any atom is -0.342 e. The summed E-state index contributed by atoms with van der Waals surface area (Å²) in [6, 6.07) is 4.75. The van der Waals surface area contributed by atoms with Crippen LogP contribution in [0.25, 0.3) is 10.8 Å². The normalized spacial score (nSPS) is 23.3. The third-order valence-electron chi connectivity index (χ3n) is 7.79. The molecule has 1 aromatic carbocycles. The van der Waals surface area contributed by atoms with E-state index in [2.05, 4.69) is 20.9 Å². The summed E-state index contributed by atoms with van der Waals surface area (Å²) in [5.41, 5.74) is -0.0340. The number of carbonyl (C=O) groups is 3. The number of likely N-dealkylation sites (tertiary alicyclic amines) is 1. The molecule has 1 aromatic heterocycles. The van der Waals surface area contributed by atoms with Gasteiger partial charge in [0.1, 0.15) is 6.04 Å². The monoisotopic (exact) mass is 558 g/mol. The molecule has 2 saturated heterocycles. The zero-order valence-corrected chi connectivity index (χ0v) is 24.1. The summed E-state index contributed by atoms with van der Waals surface area (Å²) in [6.07, 6.45) is 4.88. The molecule has 12 heteroatoms. The number of fused-ring (bicyclic) bond motifs is 2. The molecule has 5 atom stereocenters. The Morgan fingerprint density at radius 2 is 1.87 bits per heavy atom. The second-order valence-electron chi connectivity index (χ2n) is 11.5. The second-order valence-corrected chi connectivity index (χ2v) is 13.5. The number of aromatic nitrogens is 1. The van der Waals surface area contributed by atoms with Crippen molar-refractivity contribution in [1.82, 2.24) is 24.8 Å². The maximum atomic E-state index is 14.0. The van der Waals surface area contributed by atoms with Crippen LogP contribution < -0.4 is 16.0 Å². The summed E-state index contributed by atoms with van der Waals surface area (Å²) in [4.78, 5) is 46.3. The molecule has 212 valence electrons. The number of benzene rings is 1. The van der Waals surface area contributed by atoms with Crippen molar-refractivity contribution in [2.45, 2.75) is 58.3 Å². The maximum Gasteiger partial charge on any atom is 0.246 e. The van der Waals surface area contributed by atoms with Gasteiger partial charge in [-0.25, -0.2) is 8.42 Å². The summed E-state index contributed by atoms with van der Waals surface area (Å²) >= 11 is 0. The van der Waals surface area contributed by atoms with Gasteiger partial charge in [-0.15, -0.1) is 0 Å². The van der Waals surface area contributed by atoms with Crippen molar-refractivity contribution in [2.75, 3.05) is 31.7 Å². The molecule has 4 rings (SSSR count). The molecule has 0 radical (unpaired) electrons. The molecule has 3 N–H and O–H groups in total. The summed E-state index contributed by atoms with van der Waals surface area (Å²) in [6.45, 7) is 7.56. The molecule has 0 unspecified atom stereocenters. The number of amides is 3. The van der Waals surface area contributed by atoms with Crippen molar-refractivity contribution >= 4 is 44.2 Å². The lowest BCUT2D eigenvalue weighted by Crippen LogP contribution is -2.59. The van der Waals surface area contributed by atoms with Crippen LogP contribution >= 0.6 is 0 Å². The molecular weight excluding hydrogens is 520 g/mol. The first-order valence-electron chi connectivity index (χ1n) is 13.1. The van der Waals surface area contributed by atoms with Crippen molar-refractivity contribution in [3.63, 3.8) is 0 Å². The molecule has 0 spiro atoms. The smallest absolute Gasteiger partial charge is 0.246 e. The first-order chi connectivity index (χ1) is 18.2. The molecule has 3 amide bonds. The van der Waals surface area contributed by atoms with Crippen LogP contribution in [0.5, 0.6) is 0 Å². The highest BCUT2D eigenvalue weighted by molar-refractivity contribution is 7.88. The average molecular weight is 559 g/mol. The Kier molecular flexibility index (Phi) is 8.02. The third kappa shape index (κ3) is 5.78. The van der Waals surface area contributed by atoms with Gasteiger partial charge < -0.3 is 20.9 Å². The van der Waals surface area contributed by atoms with Crippen LogP contribution in [0, 0.1) is 11.3 Å². The fraction of sp³-hybridized carbons (Fsp3) is 0.556. The first-order valence-corrected chi connectivity index (χ1v) is 15.0. The van der Waals surface area contributed by atoms with E-state index >= 15 is 0 Å². The molecule has 39 heavy (non-hydrogen) atoms. The van der Waals surface area contributed by atoms with Gasteiger partial charge in [0.15, 0.2) is 0 Å². The van der Waals surface area contributed by atoms with E-state index < -0.39 is 45.5 Å². The second kappa shape index (κ2) is 10.8. The summed E-state index contributed by atoms with van der Waals surface area (Å²) in [5.74, 6) is -1.79. The molecule has 2 aromatic rings. The zero-order valence-electron chi connectivity index (χ0n) is 23.3. The topological polar surface area (TPSA) is 141 Å². The molecular formula is C27H38N6O5S. The van der Waals surface area contributed by atoms with E-state index in [0.29, 0.717) is 12.1 Å². The Labute approximate surface area is 229 Å². The number of anilines is 1. The predicted molar refractivity (Wildman–Crippen MR) is 149 cm³/mol. The number of nitrogens with one attached hydrogen (secondary N) is 3. The van der Waals surface area contributed by atoms with Gasteiger partial charge in [-0.2, -0.15) is 4.31 Å². The van der Waals surface area contributed by atoms with Crippen molar-refractivity contribution < 1.29 is 22.8 Å². The van der Waals surface area contributed by atoms with E-state index in [4.69, 9.17) is 0 Å². The first kappa shape index (κ1) is 28.9. The van der Waals surface area contributed by atoms with Gasteiger partial charge in [-0.05, 0) is 37.9 Å². The largest absolute Gasteiger partial charge is 0.342 e. The standard InChI is InChI=1S/C27H38N6O5S/c1-16(28-5)24(34)31-23(27(2,3)4)26(36)32-13-11-21-22(32)19(15-33(21)39(6,37)38)25(35)30-20-9-7-8-17-14-29-12-10-18(17)20/h7-10,12,14,16,19,21-23,28H,11,13,15H2,1-6H3,(H,30,35)(H,31,34)/t16-,19+,21-,22-,23-/m1/s1. The molecule has 2 aliphatic heterocycles. The maximum absolute atomic E-state index is 14.0. The number of nitrogens with zero attached hydrogens (tertiary/aromatic N) is 3. The van der Waals surface area contributed by atoms with Gasteiger partial charge in [0.05, 0.1) is 24.3 Å². The van der Waals surface area contributed by atoms with Gasteiger partial charge in [0.25, 0.3) is 0 Å². The van der Waals surface area contributed by atoms with E-state index in [0.717, 1.165) is 17.0 Å². The number of pyridine rings is 1. The molecule has 0 aliphatic carbocycles. The van der Waals surface area contributed by atoms with E-state index in [9.17, 15) is 22.8 Å². The Balaban J connectivity index is 1.66. The highest BCUT2D eigenvalue weighted by atomic mass is 32.2. The van der Waals surface area contributed by atoms with E-state index in [1.165, 1.54) is 4.31 Å². The Hall–Kier alpha value is -3.09. The van der Waals surface area contributed by atoms with Crippen LogP contribution in [0.4, 0.5) is 5.69 Å². The van der Waals surface area contributed by atoms with Crippen molar-refractivity contribution in [1.29, 1.82) is 0 Å². The van der Waals surface area contributed by atoms with Gasteiger partial charge in [-0.1, -0.05) is 32.9 Å². The Morgan fingerprint density at radius 3 is 2.51 bits per heavy atom. The average Bonchev–Trinajstić information content (AvgIpc) is 3.46. The number of likely N-dealkylation sites (N-methyl/N-ethyl adjacent to an activating group) is 1. The number of sulfonamides is 1. The predicted octanol–water partition coefficient (Wildman–Crippen LogP) is 1.17. The zero-order chi connectivity index (χ0) is 28.7. The van der Waals surface area contributed by atoms with Crippen LogP contribution in [0.1, 0.15) is 34.1 Å². The van der Waals surface area contributed by atoms with Crippen LogP contribution in [0.2, 0.25) is 0 Å². The SMILES string of the molecule is CN[C@H](C)C(=O)N[C@H](C(=O)N1CC[C@@H]2[C@H]1[C@@H](C(=O)Nc1cccc3cnccc13)CN2S(C)(=O)=O)C(C)(C)C. The Morgan fingerprint density at radius 1 is 1.15 bits per heavy atom. The van der Waals surface area contributed by atoms with Crippen LogP contribution in [-0.4, -0.2) is 90.9 Å².